The van der Waals surface area contributed by atoms with Gasteiger partial charge in [-0.1, -0.05) is 19.6 Å². The first-order valence-corrected chi connectivity index (χ1v) is 14.9. The van der Waals surface area contributed by atoms with Crippen LogP contribution in [0, 0.1) is 0 Å². The summed E-state index contributed by atoms with van der Waals surface area (Å²) in [6.07, 6.45) is 10.4. The molecule has 0 radical (unpaired) electrons. The number of rotatable bonds is 9. The average molecular weight is 595 g/mol. The van der Waals surface area contributed by atoms with E-state index in [1.165, 1.54) is 0 Å². The highest BCUT2D eigenvalue weighted by Crippen LogP contribution is 2.36. The molecule has 226 valence electrons. The molecule has 6 rings (SSSR count). The third-order valence-corrected chi connectivity index (χ3v) is 9.05. The predicted octanol–water partition coefficient (Wildman–Crippen LogP) is 2.86. The molecule has 10 nitrogen and oxygen atoms in total. The van der Waals surface area contributed by atoms with Crippen molar-refractivity contribution in [2.75, 3.05) is 6.54 Å². The van der Waals surface area contributed by atoms with Crippen LogP contribution >= 0.6 is 0 Å². The Morgan fingerprint density at radius 3 is 2.43 bits per heavy atom. The van der Waals surface area contributed by atoms with Crippen LogP contribution in [0.5, 0.6) is 0 Å². The Morgan fingerprint density at radius 1 is 1.02 bits per heavy atom. The van der Waals surface area contributed by atoms with Crippen LogP contribution in [0.25, 0.3) is 18.2 Å². The second kappa shape index (κ2) is 11.3. The Morgan fingerprint density at radius 2 is 1.75 bits per heavy atom. The second-order valence-electron chi connectivity index (χ2n) is 11.5. The molecule has 44 heavy (non-hydrogen) atoms. The number of H-pyrrole nitrogens is 2. The predicted molar refractivity (Wildman–Crippen MR) is 165 cm³/mol. The molecule has 10 heteroatoms. The lowest BCUT2D eigenvalue weighted by Crippen LogP contribution is -2.27. The van der Waals surface area contributed by atoms with E-state index >= 15 is 0 Å². The molecule has 0 saturated heterocycles. The van der Waals surface area contributed by atoms with E-state index in [0.29, 0.717) is 49.9 Å². The van der Waals surface area contributed by atoms with Gasteiger partial charge in [-0.2, -0.15) is 0 Å². The van der Waals surface area contributed by atoms with Crippen LogP contribution in [0.3, 0.4) is 0 Å². The number of fused-ring (bicyclic) bond motifs is 4. The van der Waals surface area contributed by atoms with Gasteiger partial charge >= 0.3 is 11.9 Å². The number of hydrogen-bond acceptors (Lipinski definition) is 4. The van der Waals surface area contributed by atoms with Gasteiger partial charge in [-0.25, -0.2) is 4.99 Å². The molecule has 0 aromatic carbocycles. The lowest BCUT2D eigenvalue weighted by atomic mass is 9.97. The Kier molecular flexibility index (Phi) is 7.44. The van der Waals surface area contributed by atoms with Crippen molar-refractivity contribution in [1.29, 1.82) is 0 Å². The highest BCUT2D eigenvalue weighted by molar-refractivity contribution is 6.31. The second-order valence-corrected chi connectivity index (χ2v) is 11.5. The molecule has 0 saturated carbocycles. The molecule has 0 unspecified atom stereocenters. The Hall–Kier alpha value is -4.99. The van der Waals surface area contributed by atoms with E-state index in [2.05, 4.69) is 21.5 Å². The van der Waals surface area contributed by atoms with Crippen LogP contribution in [-0.2, 0) is 44.9 Å². The number of aliphatic carboxylic acids is 2. The third kappa shape index (κ3) is 4.90. The lowest BCUT2D eigenvalue weighted by Gasteiger charge is -2.17. The summed E-state index contributed by atoms with van der Waals surface area (Å²) in [6, 6.07) is 0. The Bertz CT molecular complexity index is 1930. The van der Waals surface area contributed by atoms with E-state index in [4.69, 9.17) is 0 Å². The molecule has 2 amide bonds. The zero-order valence-electron chi connectivity index (χ0n) is 24.8. The largest absolute Gasteiger partial charge is 0.481 e. The molecule has 2 aromatic rings. The normalized spacial score (nSPS) is 17.9. The maximum absolute atomic E-state index is 12.9. The molecule has 2 aromatic heterocycles. The van der Waals surface area contributed by atoms with Crippen LogP contribution in [0.2, 0.25) is 0 Å². The molecule has 0 atom stereocenters. The van der Waals surface area contributed by atoms with Crippen LogP contribution in [0.15, 0.2) is 45.6 Å². The van der Waals surface area contributed by atoms with E-state index < -0.39 is 11.9 Å². The molecule has 0 fully saturated rings. The molecule has 3 aliphatic heterocycles. The molecule has 1 aliphatic carbocycles. The Labute approximate surface area is 253 Å². The molecule has 0 bridgehead atoms. The van der Waals surface area contributed by atoms with Crippen LogP contribution in [0.4, 0.5) is 0 Å². The van der Waals surface area contributed by atoms with Crippen molar-refractivity contribution >= 4 is 47.7 Å². The maximum atomic E-state index is 12.9. The summed E-state index contributed by atoms with van der Waals surface area (Å²) >= 11 is 0. The number of aromatic nitrogens is 2. The van der Waals surface area contributed by atoms with E-state index in [0.717, 1.165) is 66.8 Å². The van der Waals surface area contributed by atoms with E-state index in [1.54, 1.807) is 17.9 Å². The number of carbonyl (C=O) groups is 4. The maximum Gasteiger partial charge on any atom is 0.303 e. The summed E-state index contributed by atoms with van der Waals surface area (Å²) in [5.74, 6) is -2.06. The summed E-state index contributed by atoms with van der Waals surface area (Å²) in [6.45, 7) is 8.10. The van der Waals surface area contributed by atoms with Crippen molar-refractivity contribution in [3.05, 3.63) is 85.0 Å². The van der Waals surface area contributed by atoms with Gasteiger partial charge in [0.15, 0.2) is 0 Å². The van der Waals surface area contributed by atoms with Crippen molar-refractivity contribution in [2.24, 2.45) is 4.99 Å². The number of nitrogens with zero attached hydrogens (tertiary/aromatic N) is 2. The minimum atomic E-state index is -0.910. The van der Waals surface area contributed by atoms with Gasteiger partial charge in [0.1, 0.15) is 0 Å². The summed E-state index contributed by atoms with van der Waals surface area (Å²) in [5, 5.41) is 20.6. The standard InChI is InChI=1S/C34H34N4O6/c1-4-18-17(3)34(44)38-13-12-24-23(9-11-32(41)42)26(36-29(24)16-30(18)38)14-25-22(8-10-31(39)40)21-7-6-20-19(5-2)33(43)37-28(20)15-27(21)35-25/h4,14-16,35-36H,1,5-13H2,2-3H3,(H,39,40)(H,41,42)/b25-14-. The topological polar surface area (TPSA) is 156 Å². The van der Waals surface area contributed by atoms with Crippen molar-refractivity contribution in [1.82, 2.24) is 14.9 Å². The van der Waals surface area contributed by atoms with Gasteiger partial charge in [0, 0.05) is 58.2 Å². The van der Waals surface area contributed by atoms with Crippen LogP contribution in [-0.4, -0.2) is 61.1 Å². The summed E-state index contributed by atoms with van der Waals surface area (Å²) in [7, 11) is 0. The van der Waals surface area contributed by atoms with Crippen molar-refractivity contribution in [2.45, 2.75) is 65.2 Å². The summed E-state index contributed by atoms with van der Waals surface area (Å²) in [5.41, 5.74) is 9.78. The number of carboxylic acid groups (broad SMARTS) is 2. The molecular weight excluding hydrogens is 560 g/mol. The first kappa shape index (κ1) is 29.1. The van der Waals surface area contributed by atoms with E-state index in [9.17, 15) is 29.4 Å². The van der Waals surface area contributed by atoms with Crippen molar-refractivity contribution < 1.29 is 29.4 Å². The number of aromatic amines is 2. The molecule has 5 heterocycles. The monoisotopic (exact) mass is 594 g/mol. The number of nitrogens with one attached hydrogen (secondary N) is 2. The number of hydrogen-bond donors (Lipinski definition) is 4. The summed E-state index contributed by atoms with van der Waals surface area (Å²) in [4.78, 5) is 61.7. The number of carbonyl (C=O) groups excluding carboxylic acids is 2. The molecule has 0 spiro atoms. The molecule has 4 aliphatic rings. The Balaban J connectivity index is 1.53. The minimum Gasteiger partial charge on any atom is -0.481 e. The lowest BCUT2D eigenvalue weighted by molar-refractivity contribution is -0.138. The zero-order valence-corrected chi connectivity index (χ0v) is 24.8. The molecular formula is C34H34N4O6. The van der Waals surface area contributed by atoms with Gasteiger partial charge in [-0.3, -0.25) is 19.2 Å². The van der Waals surface area contributed by atoms with Gasteiger partial charge in [0.2, 0.25) is 0 Å². The number of allylic oxidation sites excluding steroid dienone is 2. The fourth-order valence-electron chi connectivity index (χ4n) is 6.92. The van der Waals surface area contributed by atoms with Crippen LogP contribution < -0.4 is 10.7 Å². The van der Waals surface area contributed by atoms with Crippen molar-refractivity contribution in [3.63, 3.8) is 0 Å². The fourth-order valence-corrected chi connectivity index (χ4v) is 6.92. The zero-order chi connectivity index (χ0) is 31.3. The smallest absolute Gasteiger partial charge is 0.303 e. The fraction of sp³-hybridized carbons (Fsp3) is 0.324. The van der Waals surface area contributed by atoms with Gasteiger partial charge in [-0.15, -0.1) is 0 Å². The van der Waals surface area contributed by atoms with Gasteiger partial charge in [0.05, 0.1) is 11.4 Å². The molecule has 4 N–H and O–H groups in total. The van der Waals surface area contributed by atoms with Crippen LogP contribution in [0.1, 0.15) is 73.2 Å². The number of amides is 2. The number of aliphatic imine (C=N–C) groups is 1. The number of carboxylic acids is 2. The first-order chi connectivity index (χ1) is 21.1. The first-order valence-electron chi connectivity index (χ1n) is 14.9. The van der Waals surface area contributed by atoms with Crippen molar-refractivity contribution in [3.8, 4) is 0 Å². The van der Waals surface area contributed by atoms with E-state index in [-0.39, 0.29) is 31.1 Å². The van der Waals surface area contributed by atoms with E-state index in [1.807, 2.05) is 25.2 Å². The van der Waals surface area contributed by atoms with Gasteiger partial charge < -0.3 is 25.1 Å². The summed E-state index contributed by atoms with van der Waals surface area (Å²) < 4.78 is 0. The minimum absolute atomic E-state index is 0.0491. The average Bonchev–Trinajstić information content (AvgIpc) is 3.56. The SMILES string of the molecule is C=CC1=C(C)C(=O)N2CCc3c([nH]c(/C=c4\[nH]c5c(c4CCC(=O)O)CCC4=C(CC)C(=O)N=C4C=5)c3CCC(=O)O)C=C12. The van der Waals surface area contributed by atoms with Gasteiger partial charge in [0.25, 0.3) is 11.8 Å². The highest BCUT2D eigenvalue weighted by Gasteiger charge is 2.34. The van der Waals surface area contributed by atoms with Gasteiger partial charge in [-0.05, 0) is 91.5 Å². The third-order valence-electron chi connectivity index (χ3n) is 9.05. The highest BCUT2D eigenvalue weighted by atomic mass is 16.4. The quantitative estimate of drug-likeness (QED) is 0.350.